The van der Waals surface area contributed by atoms with Gasteiger partial charge in [0, 0.05) is 21.8 Å². The Morgan fingerprint density at radius 2 is 2.00 bits per heavy atom. The number of amides is 1. The minimum Gasteiger partial charge on any atom is -0.322 e. The third-order valence-corrected chi connectivity index (χ3v) is 3.21. The molecule has 2 nitrogen and oxygen atoms in total. The monoisotopic (exact) mass is 269 g/mol. The molecule has 0 aliphatic carbocycles. The number of hydrogen-bond donors (Lipinski definition) is 1. The fraction of sp³-hybridized carbons (Fsp3) is 0.0625. The van der Waals surface area contributed by atoms with Gasteiger partial charge in [-0.05, 0) is 42.8 Å². The lowest BCUT2D eigenvalue weighted by atomic mass is 10.1. The van der Waals surface area contributed by atoms with E-state index in [0.717, 1.165) is 11.1 Å². The minimum absolute atomic E-state index is 0.200. The summed E-state index contributed by atoms with van der Waals surface area (Å²) in [5, 5.41) is 3.38. The van der Waals surface area contributed by atoms with Gasteiger partial charge in [-0.15, -0.1) is 6.42 Å². The van der Waals surface area contributed by atoms with E-state index >= 15 is 0 Å². The topological polar surface area (TPSA) is 29.1 Å². The number of rotatable bonds is 2. The molecule has 0 unspecified atom stereocenters. The molecule has 0 aliphatic heterocycles. The summed E-state index contributed by atoms with van der Waals surface area (Å²) in [6, 6.07) is 12.4. The Hall–Kier alpha value is -2.24. The molecule has 2 aromatic carbocycles. The summed E-state index contributed by atoms with van der Waals surface area (Å²) in [5.41, 5.74) is 2.70. The van der Waals surface area contributed by atoms with Crippen molar-refractivity contribution in [2.75, 3.05) is 5.32 Å². The molecule has 1 amide bonds. The second kappa shape index (κ2) is 5.60. The smallest absolute Gasteiger partial charge is 0.255 e. The molecule has 0 saturated heterocycles. The summed E-state index contributed by atoms with van der Waals surface area (Å²) in [4.78, 5) is 12.2. The predicted octanol–water partition coefficient (Wildman–Crippen LogP) is 3.88. The molecule has 0 aliphatic rings. The highest BCUT2D eigenvalue weighted by Gasteiger charge is 2.11. The van der Waals surface area contributed by atoms with Crippen LogP contribution in [0.4, 0.5) is 5.69 Å². The Balaban J connectivity index is 2.26. The maximum atomic E-state index is 12.2. The normalized spacial score (nSPS) is 9.74. The van der Waals surface area contributed by atoms with Crippen molar-refractivity contribution in [3.05, 3.63) is 64.2 Å². The Bertz CT molecular complexity index is 671. The molecule has 0 aromatic heterocycles. The van der Waals surface area contributed by atoms with Gasteiger partial charge < -0.3 is 5.32 Å². The van der Waals surface area contributed by atoms with Gasteiger partial charge in [-0.1, -0.05) is 29.7 Å². The first-order chi connectivity index (χ1) is 9.11. The van der Waals surface area contributed by atoms with E-state index in [9.17, 15) is 4.79 Å². The lowest BCUT2D eigenvalue weighted by Crippen LogP contribution is -2.13. The molecule has 0 saturated carbocycles. The molecular weight excluding hydrogens is 258 g/mol. The van der Waals surface area contributed by atoms with Crippen LogP contribution < -0.4 is 5.32 Å². The average molecular weight is 270 g/mol. The van der Waals surface area contributed by atoms with Crippen LogP contribution in [0.5, 0.6) is 0 Å². The number of anilines is 1. The number of nitrogens with one attached hydrogen (secondary N) is 1. The Kier molecular flexibility index (Phi) is 3.89. The molecule has 19 heavy (non-hydrogen) atoms. The second-order valence-corrected chi connectivity index (χ2v) is 4.50. The van der Waals surface area contributed by atoms with E-state index in [2.05, 4.69) is 11.2 Å². The van der Waals surface area contributed by atoms with Crippen LogP contribution >= 0.6 is 11.6 Å². The highest BCUT2D eigenvalue weighted by molar-refractivity contribution is 6.32. The molecule has 94 valence electrons. The maximum Gasteiger partial charge on any atom is 0.255 e. The van der Waals surface area contributed by atoms with E-state index < -0.39 is 0 Å². The van der Waals surface area contributed by atoms with E-state index in [4.69, 9.17) is 18.0 Å². The van der Waals surface area contributed by atoms with Crippen LogP contribution in [0.25, 0.3) is 0 Å². The van der Waals surface area contributed by atoms with Crippen molar-refractivity contribution in [2.45, 2.75) is 6.92 Å². The number of halogens is 1. The quantitative estimate of drug-likeness (QED) is 0.824. The van der Waals surface area contributed by atoms with Gasteiger partial charge in [0.1, 0.15) is 0 Å². The van der Waals surface area contributed by atoms with Crippen LogP contribution in [0.15, 0.2) is 42.5 Å². The zero-order valence-electron chi connectivity index (χ0n) is 10.4. The first-order valence-electron chi connectivity index (χ1n) is 5.75. The van der Waals surface area contributed by atoms with Crippen molar-refractivity contribution in [1.82, 2.24) is 0 Å². The molecule has 0 fully saturated rings. The van der Waals surface area contributed by atoms with Crippen molar-refractivity contribution in [3.8, 4) is 12.3 Å². The van der Waals surface area contributed by atoms with Crippen LogP contribution in [0.3, 0.4) is 0 Å². The SMILES string of the molecule is C#Cc1cccc(NC(=O)c2cccc(Cl)c2C)c1. The van der Waals surface area contributed by atoms with Crippen LogP contribution in [0, 0.1) is 19.3 Å². The van der Waals surface area contributed by atoms with Gasteiger partial charge in [-0.25, -0.2) is 0 Å². The average Bonchev–Trinajstić information content (AvgIpc) is 2.42. The summed E-state index contributed by atoms with van der Waals surface area (Å²) in [5.74, 6) is 2.33. The third-order valence-electron chi connectivity index (χ3n) is 2.80. The Morgan fingerprint density at radius 1 is 1.26 bits per heavy atom. The standard InChI is InChI=1S/C16H12ClNO/c1-3-12-6-4-7-13(10-12)18-16(19)14-8-5-9-15(17)11(14)2/h1,4-10H,2H3,(H,18,19). The molecule has 0 bridgehead atoms. The largest absolute Gasteiger partial charge is 0.322 e. The fourth-order valence-electron chi connectivity index (χ4n) is 1.74. The van der Waals surface area contributed by atoms with Gasteiger partial charge in [0.15, 0.2) is 0 Å². The van der Waals surface area contributed by atoms with Crippen LogP contribution in [0.2, 0.25) is 5.02 Å². The van der Waals surface area contributed by atoms with E-state index in [-0.39, 0.29) is 5.91 Å². The molecule has 0 heterocycles. The van der Waals surface area contributed by atoms with Crippen molar-refractivity contribution < 1.29 is 4.79 Å². The van der Waals surface area contributed by atoms with E-state index in [1.807, 2.05) is 6.92 Å². The molecule has 2 aromatic rings. The molecule has 1 N–H and O–H groups in total. The van der Waals surface area contributed by atoms with E-state index in [1.54, 1.807) is 42.5 Å². The van der Waals surface area contributed by atoms with Gasteiger partial charge >= 0.3 is 0 Å². The highest BCUT2D eigenvalue weighted by atomic mass is 35.5. The maximum absolute atomic E-state index is 12.2. The number of carbonyl (C=O) groups is 1. The van der Waals surface area contributed by atoms with Crippen molar-refractivity contribution in [1.29, 1.82) is 0 Å². The minimum atomic E-state index is -0.200. The summed E-state index contributed by atoms with van der Waals surface area (Å²) < 4.78 is 0. The highest BCUT2D eigenvalue weighted by Crippen LogP contribution is 2.20. The lowest BCUT2D eigenvalue weighted by molar-refractivity contribution is 0.102. The molecule has 3 heteroatoms. The van der Waals surface area contributed by atoms with Gasteiger partial charge in [-0.3, -0.25) is 4.79 Å². The molecule has 0 spiro atoms. The van der Waals surface area contributed by atoms with Gasteiger partial charge in [-0.2, -0.15) is 0 Å². The second-order valence-electron chi connectivity index (χ2n) is 4.09. The number of benzene rings is 2. The van der Waals surface area contributed by atoms with Crippen molar-refractivity contribution in [3.63, 3.8) is 0 Å². The van der Waals surface area contributed by atoms with Gasteiger partial charge in [0.05, 0.1) is 0 Å². The number of carbonyl (C=O) groups excluding carboxylic acids is 1. The number of terminal acetylenes is 1. The van der Waals surface area contributed by atoms with Crippen LogP contribution in [-0.2, 0) is 0 Å². The summed E-state index contributed by atoms with van der Waals surface area (Å²) in [7, 11) is 0. The zero-order chi connectivity index (χ0) is 13.8. The predicted molar refractivity (Wildman–Crippen MR) is 78.5 cm³/mol. The van der Waals surface area contributed by atoms with Crippen LogP contribution in [-0.4, -0.2) is 5.91 Å². The van der Waals surface area contributed by atoms with Crippen molar-refractivity contribution in [2.24, 2.45) is 0 Å². The molecular formula is C16H12ClNO. The summed E-state index contributed by atoms with van der Waals surface area (Å²) >= 11 is 6.00. The fourth-order valence-corrected chi connectivity index (χ4v) is 1.91. The lowest BCUT2D eigenvalue weighted by Gasteiger charge is -2.09. The number of hydrogen-bond acceptors (Lipinski definition) is 1. The van der Waals surface area contributed by atoms with E-state index in [1.165, 1.54) is 0 Å². The van der Waals surface area contributed by atoms with Gasteiger partial charge in [0.25, 0.3) is 5.91 Å². The zero-order valence-corrected chi connectivity index (χ0v) is 11.2. The summed E-state index contributed by atoms with van der Waals surface area (Å²) in [6.45, 7) is 1.81. The first-order valence-corrected chi connectivity index (χ1v) is 6.13. The summed E-state index contributed by atoms with van der Waals surface area (Å²) in [6.07, 6.45) is 5.32. The molecule has 2 rings (SSSR count). The van der Waals surface area contributed by atoms with Gasteiger partial charge in [0.2, 0.25) is 0 Å². The third kappa shape index (κ3) is 2.96. The molecule has 0 radical (unpaired) electrons. The molecule has 0 atom stereocenters. The van der Waals surface area contributed by atoms with Crippen molar-refractivity contribution >= 4 is 23.2 Å². The Morgan fingerprint density at radius 3 is 2.74 bits per heavy atom. The first kappa shape index (κ1) is 13.2. The van der Waals surface area contributed by atoms with Crippen LogP contribution in [0.1, 0.15) is 21.5 Å². The Labute approximate surface area is 117 Å². The van der Waals surface area contributed by atoms with E-state index in [0.29, 0.717) is 16.3 Å².